The summed E-state index contributed by atoms with van der Waals surface area (Å²) in [4.78, 5) is -0.0125. The lowest BCUT2D eigenvalue weighted by atomic mass is 10.3. The van der Waals surface area contributed by atoms with Crippen LogP contribution in [0.2, 0.25) is 8.67 Å². The Morgan fingerprint density at radius 2 is 2.18 bits per heavy atom. The van der Waals surface area contributed by atoms with Crippen molar-refractivity contribution in [3.63, 3.8) is 0 Å². The Morgan fingerprint density at radius 1 is 1.59 bits per heavy atom. The van der Waals surface area contributed by atoms with Gasteiger partial charge in [-0.3, -0.25) is 0 Å². The molecule has 1 atom stereocenters. The molecule has 17 heavy (non-hydrogen) atoms. The molecule has 0 aliphatic heterocycles. The zero-order chi connectivity index (χ0) is 13.2. The van der Waals surface area contributed by atoms with Crippen LogP contribution in [0.1, 0.15) is 13.3 Å². The largest absolute Gasteiger partial charge is 0.245 e. The van der Waals surface area contributed by atoms with Crippen molar-refractivity contribution < 1.29 is 8.42 Å². The van der Waals surface area contributed by atoms with Gasteiger partial charge in [-0.25, -0.2) is 8.42 Å². The molecule has 0 fully saturated rings. The molecule has 0 saturated carbocycles. The summed E-state index contributed by atoms with van der Waals surface area (Å²) in [6, 6.07) is 2.83. The van der Waals surface area contributed by atoms with Crippen LogP contribution in [0.5, 0.6) is 0 Å². The van der Waals surface area contributed by atoms with Crippen molar-refractivity contribution in [1.82, 2.24) is 4.31 Å². The molecule has 1 rings (SSSR count). The molecule has 0 radical (unpaired) electrons. The van der Waals surface area contributed by atoms with Gasteiger partial charge < -0.3 is 0 Å². The number of nitrogens with zero attached hydrogens (tertiary/aromatic N) is 2. The predicted molar refractivity (Wildman–Crippen MR) is 69.0 cm³/mol. The van der Waals surface area contributed by atoms with Gasteiger partial charge in [0.2, 0.25) is 10.0 Å². The van der Waals surface area contributed by atoms with Gasteiger partial charge in [-0.05, 0) is 13.0 Å². The molecular weight excluding hydrogens is 303 g/mol. The van der Waals surface area contributed by atoms with Gasteiger partial charge >= 0.3 is 0 Å². The summed E-state index contributed by atoms with van der Waals surface area (Å²) in [6.45, 7) is 1.66. The van der Waals surface area contributed by atoms with Crippen LogP contribution in [-0.2, 0) is 10.0 Å². The third-order valence-electron chi connectivity index (χ3n) is 2.29. The minimum absolute atomic E-state index is 0.0125. The van der Waals surface area contributed by atoms with Crippen molar-refractivity contribution in [1.29, 1.82) is 5.26 Å². The minimum atomic E-state index is -3.69. The van der Waals surface area contributed by atoms with Crippen molar-refractivity contribution >= 4 is 44.6 Å². The number of sulfonamides is 1. The van der Waals surface area contributed by atoms with Crippen LogP contribution >= 0.6 is 34.5 Å². The van der Waals surface area contributed by atoms with E-state index in [2.05, 4.69) is 0 Å². The fraction of sp³-hybridized carbons (Fsp3) is 0.444. The van der Waals surface area contributed by atoms with Crippen LogP contribution in [0.3, 0.4) is 0 Å². The molecule has 1 aromatic rings. The topological polar surface area (TPSA) is 61.2 Å². The van der Waals surface area contributed by atoms with Gasteiger partial charge in [0.15, 0.2) is 0 Å². The second kappa shape index (κ2) is 5.55. The Balaban J connectivity index is 3.12. The van der Waals surface area contributed by atoms with Crippen molar-refractivity contribution in [2.24, 2.45) is 0 Å². The van der Waals surface area contributed by atoms with E-state index in [1.165, 1.54) is 13.1 Å². The van der Waals surface area contributed by atoms with E-state index in [1.807, 2.05) is 6.07 Å². The monoisotopic (exact) mass is 312 g/mol. The zero-order valence-electron chi connectivity index (χ0n) is 9.15. The highest BCUT2D eigenvalue weighted by Gasteiger charge is 2.28. The van der Waals surface area contributed by atoms with Gasteiger partial charge in [0.1, 0.15) is 9.23 Å². The number of halogens is 2. The lowest BCUT2D eigenvalue weighted by molar-refractivity contribution is 0.393. The molecule has 94 valence electrons. The molecule has 0 saturated heterocycles. The van der Waals surface area contributed by atoms with E-state index >= 15 is 0 Å². The normalized spacial score (nSPS) is 13.6. The van der Waals surface area contributed by atoms with Crippen LogP contribution in [0, 0.1) is 11.3 Å². The molecule has 1 aromatic heterocycles. The third kappa shape index (κ3) is 3.12. The molecule has 0 aromatic carbocycles. The molecular formula is C9H10Cl2N2O2S2. The van der Waals surface area contributed by atoms with Crippen molar-refractivity contribution in [2.45, 2.75) is 24.3 Å². The van der Waals surface area contributed by atoms with E-state index in [0.717, 1.165) is 15.6 Å². The highest BCUT2D eigenvalue weighted by Crippen LogP contribution is 2.35. The summed E-state index contributed by atoms with van der Waals surface area (Å²) in [6.07, 6.45) is 0.116. The molecule has 0 spiro atoms. The van der Waals surface area contributed by atoms with Crippen LogP contribution in [0.15, 0.2) is 11.0 Å². The van der Waals surface area contributed by atoms with Crippen LogP contribution in [-0.4, -0.2) is 25.8 Å². The second-order valence-electron chi connectivity index (χ2n) is 3.42. The van der Waals surface area contributed by atoms with Gasteiger partial charge in [0.25, 0.3) is 0 Å². The molecule has 8 heteroatoms. The summed E-state index contributed by atoms with van der Waals surface area (Å²) in [5.74, 6) is 0. The van der Waals surface area contributed by atoms with E-state index in [-0.39, 0.29) is 15.7 Å². The Bertz CT molecular complexity index is 548. The highest BCUT2D eigenvalue weighted by atomic mass is 35.5. The summed E-state index contributed by atoms with van der Waals surface area (Å²) in [5.41, 5.74) is 0. The van der Waals surface area contributed by atoms with E-state index in [1.54, 1.807) is 6.92 Å². The average Bonchev–Trinajstić information content (AvgIpc) is 2.57. The molecule has 0 amide bonds. The number of hydrogen-bond acceptors (Lipinski definition) is 4. The van der Waals surface area contributed by atoms with E-state index in [0.29, 0.717) is 4.34 Å². The molecule has 0 N–H and O–H groups in total. The quantitative estimate of drug-likeness (QED) is 0.858. The third-order valence-corrected chi connectivity index (χ3v) is 6.01. The van der Waals surface area contributed by atoms with E-state index in [4.69, 9.17) is 28.5 Å². The molecule has 1 unspecified atom stereocenters. The molecule has 1 heterocycles. The zero-order valence-corrected chi connectivity index (χ0v) is 12.3. The van der Waals surface area contributed by atoms with Gasteiger partial charge in [0, 0.05) is 13.1 Å². The van der Waals surface area contributed by atoms with Gasteiger partial charge in [-0.1, -0.05) is 23.2 Å². The Kier molecular flexibility index (Phi) is 4.81. The maximum atomic E-state index is 12.2. The maximum absolute atomic E-state index is 12.2. The summed E-state index contributed by atoms with van der Waals surface area (Å²) in [5, 5.41) is 8.56. The second-order valence-corrected chi connectivity index (χ2v) is 7.67. The van der Waals surface area contributed by atoms with E-state index < -0.39 is 16.1 Å². The smallest absolute Gasteiger partial charge is 0.207 e. The Hall–Kier alpha value is -0.320. The number of rotatable bonds is 4. The first-order valence-electron chi connectivity index (χ1n) is 4.60. The summed E-state index contributed by atoms with van der Waals surface area (Å²) < 4.78 is 25.9. The lowest BCUT2D eigenvalue weighted by Crippen LogP contribution is -2.34. The van der Waals surface area contributed by atoms with Gasteiger partial charge in [-0.15, -0.1) is 11.3 Å². The molecule has 0 aliphatic rings. The Morgan fingerprint density at radius 3 is 2.59 bits per heavy atom. The number of nitriles is 1. The van der Waals surface area contributed by atoms with Gasteiger partial charge in [-0.2, -0.15) is 9.57 Å². The van der Waals surface area contributed by atoms with Crippen LogP contribution < -0.4 is 0 Å². The maximum Gasteiger partial charge on any atom is 0.245 e. The van der Waals surface area contributed by atoms with Crippen LogP contribution in [0.25, 0.3) is 0 Å². The lowest BCUT2D eigenvalue weighted by Gasteiger charge is -2.21. The predicted octanol–water partition coefficient (Wildman–Crippen LogP) is 2.98. The fourth-order valence-corrected chi connectivity index (χ4v) is 4.63. The van der Waals surface area contributed by atoms with Crippen molar-refractivity contribution in [3.8, 4) is 6.07 Å². The van der Waals surface area contributed by atoms with Crippen molar-refractivity contribution in [2.75, 3.05) is 7.05 Å². The van der Waals surface area contributed by atoms with Crippen molar-refractivity contribution in [3.05, 3.63) is 14.7 Å². The number of thiophene rings is 1. The summed E-state index contributed by atoms with van der Waals surface area (Å²) >= 11 is 12.5. The summed E-state index contributed by atoms with van der Waals surface area (Å²) in [7, 11) is -2.28. The standard InChI is InChI=1S/C9H10Cl2N2O2S2/c1-6(3-4-12)13(2)17(14,15)7-5-8(10)16-9(7)11/h5-6H,3H2,1-2H3. The SMILES string of the molecule is CC(CC#N)N(C)S(=O)(=O)c1cc(Cl)sc1Cl. The number of hydrogen-bond donors (Lipinski definition) is 0. The van der Waals surface area contributed by atoms with E-state index in [9.17, 15) is 8.42 Å². The highest BCUT2D eigenvalue weighted by molar-refractivity contribution is 7.89. The first-order valence-corrected chi connectivity index (χ1v) is 7.61. The molecule has 0 aliphatic carbocycles. The minimum Gasteiger partial charge on any atom is -0.207 e. The molecule has 0 bridgehead atoms. The van der Waals surface area contributed by atoms with Crippen LogP contribution in [0.4, 0.5) is 0 Å². The first-order chi connectivity index (χ1) is 7.80. The van der Waals surface area contributed by atoms with Gasteiger partial charge in [0.05, 0.1) is 16.8 Å². The average molecular weight is 313 g/mol. The fourth-order valence-electron chi connectivity index (χ4n) is 1.15. The first kappa shape index (κ1) is 14.7. The molecule has 4 nitrogen and oxygen atoms in total. The Labute approximate surface area is 114 Å².